The van der Waals surface area contributed by atoms with Crippen molar-refractivity contribution in [2.75, 3.05) is 0 Å². The number of halogens is 2. The number of pyridine rings is 1. The van der Waals surface area contributed by atoms with Crippen LogP contribution < -0.4 is 0 Å². The molecule has 0 unspecified atom stereocenters. The van der Waals surface area contributed by atoms with Crippen LogP contribution in [0.25, 0.3) is 22.6 Å². The van der Waals surface area contributed by atoms with E-state index in [0.717, 1.165) is 46.1 Å². The van der Waals surface area contributed by atoms with Gasteiger partial charge < -0.3 is 0 Å². The van der Waals surface area contributed by atoms with Crippen LogP contribution in [-0.4, -0.2) is 25.1 Å². The van der Waals surface area contributed by atoms with Gasteiger partial charge in [0.1, 0.15) is 11.6 Å². The Morgan fingerprint density at radius 3 is 2.46 bits per heavy atom. The van der Waals surface area contributed by atoms with Crippen LogP contribution in [0.3, 0.4) is 0 Å². The molecule has 1 saturated carbocycles. The van der Waals surface area contributed by atoms with Crippen LogP contribution in [0.4, 0.5) is 8.78 Å². The molecule has 0 N–H and O–H groups in total. The van der Waals surface area contributed by atoms with Gasteiger partial charge in [-0.2, -0.15) is 5.10 Å². The molecule has 7 rings (SSSR count). The maximum atomic E-state index is 14.6. The Bertz CT molecular complexity index is 1740. The highest BCUT2D eigenvalue weighted by Gasteiger charge is 2.65. The average Bonchev–Trinajstić information content (AvgIpc) is 3.37. The van der Waals surface area contributed by atoms with Crippen LogP contribution in [-0.2, 0) is 11.2 Å². The van der Waals surface area contributed by atoms with Gasteiger partial charge in [-0.25, -0.2) is 23.7 Å². The van der Waals surface area contributed by atoms with E-state index in [9.17, 15) is 8.78 Å². The molecule has 2 aliphatic rings. The van der Waals surface area contributed by atoms with Crippen LogP contribution >= 0.6 is 11.8 Å². The Morgan fingerprint density at radius 2 is 1.71 bits per heavy atom. The second kappa shape index (κ2) is 9.80. The van der Waals surface area contributed by atoms with Gasteiger partial charge in [0.2, 0.25) is 0 Å². The predicted octanol–water partition coefficient (Wildman–Crippen LogP) is 7.77. The van der Waals surface area contributed by atoms with E-state index in [1.165, 1.54) is 23.8 Å². The standard InChI is InChI=1S/C33H27F2N5S/c1-32(2)23-13-15-33(32,30-22(23)17-26(39-40-30)29-24(34)9-6-10-25(29)35)27-14-16-36-31(38-27)21-11-12-28(37-18-21)41-19-20-7-4-3-5-8-20/h3-12,14,16-18,23H,13,15,19H2,1-2H3/t23-,33+/m0/s1. The first-order valence-electron chi connectivity index (χ1n) is 13.7. The van der Waals surface area contributed by atoms with E-state index >= 15 is 0 Å². The first-order chi connectivity index (χ1) is 19.9. The van der Waals surface area contributed by atoms with Gasteiger partial charge >= 0.3 is 0 Å². The van der Waals surface area contributed by atoms with Crippen LogP contribution in [0.15, 0.2) is 90.2 Å². The Kier molecular flexibility index (Phi) is 6.19. The Balaban J connectivity index is 1.23. The zero-order valence-electron chi connectivity index (χ0n) is 22.7. The lowest BCUT2D eigenvalue weighted by Crippen LogP contribution is -2.38. The van der Waals surface area contributed by atoms with Crippen molar-refractivity contribution in [2.24, 2.45) is 5.41 Å². The molecule has 41 heavy (non-hydrogen) atoms. The van der Waals surface area contributed by atoms with Crippen molar-refractivity contribution in [3.8, 4) is 22.6 Å². The minimum absolute atomic E-state index is 0.139. The molecule has 0 amide bonds. The SMILES string of the molecule is CC1(C)[C@H]2CC[C@@]1(c1ccnc(-c3ccc(SCc4ccccc4)nc3)n1)c1nnc(-c3c(F)cccc3F)cc12. The number of rotatable bonds is 6. The largest absolute Gasteiger partial charge is 0.249 e. The van der Waals surface area contributed by atoms with Crippen molar-refractivity contribution in [2.45, 2.75) is 48.8 Å². The predicted molar refractivity (Wildman–Crippen MR) is 155 cm³/mol. The van der Waals surface area contributed by atoms with E-state index in [0.29, 0.717) is 5.82 Å². The fraction of sp³-hybridized carbons (Fsp3) is 0.242. The zero-order chi connectivity index (χ0) is 28.2. The molecule has 3 heterocycles. The Hall–Kier alpha value is -4.04. The highest BCUT2D eigenvalue weighted by Crippen LogP contribution is 2.69. The van der Waals surface area contributed by atoms with E-state index in [-0.39, 0.29) is 22.6 Å². The lowest BCUT2D eigenvalue weighted by Gasteiger charge is -2.37. The summed E-state index contributed by atoms with van der Waals surface area (Å²) in [6.45, 7) is 4.47. The quantitative estimate of drug-likeness (QED) is 0.197. The maximum Gasteiger partial charge on any atom is 0.160 e. The van der Waals surface area contributed by atoms with E-state index < -0.39 is 17.0 Å². The Morgan fingerprint density at radius 1 is 0.902 bits per heavy atom. The van der Waals surface area contributed by atoms with Crippen molar-refractivity contribution < 1.29 is 8.78 Å². The highest BCUT2D eigenvalue weighted by molar-refractivity contribution is 7.98. The van der Waals surface area contributed by atoms with Crippen molar-refractivity contribution in [3.05, 3.63) is 119 Å². The zero-order valence-corrected chi connectivity index (χ0v) is 23.5. The monoisotopic (exact) mass is 563 g/mol. The number of benzene rings is 2. The van der Waals surface area contributed by atoms with Gasteiger partial charge in [-0.05, 0) is 71.7 Å². The molecule has 204 valence electrons. The molecule has 2 atom stereocenters. The summed E-state index contributed by atoms with van der Waals surface area (Å²) in [4.78, 5) is 14.3. The molecule has 8 heteroatoms. The molecule has 3 aromatic heterocycles. The third-order valence-corrected chi connectivity index (χ3v) is 9.93. The minimum atomic E-state index is -0.644. The van der Waals surface area contributed by atoms with Crippen LogP contribution in [0, 0.1) is 17.0 Å². The fourth-order valence-corrected chi connectivity index (χ4v) is 7.62. The van der Waals surface area contributed by atoms with Crippen molar-refractivity contribution >= 4 is 11.8 Å². The average molecular weight is 564 g/mol. The van der Waals surface area contributed by atoms with Crippen molar-refractivity contribution in [1.29, 1.82) is 0 Å². The number of hydrogen-bond acceptors (Lipinski definition) is 6. The van der Waals surface area contributed by atoms with E-state index in [1.807, 2.05) is 48.7 Å². The normalized spacial score (nSPS) is 20.2. The summed E-state index contributed by atoms with van der Waals surface area (Å²) < 4.78 is 29.2. The molecule has 2 bridgehead atoms. The molecular formula is C33H27F2N5S. The molecule has 0 aliphatic heterocycles. The third-order valence-electron chi connectivity index (χ3n) is 8.92. The van der Waals surface area contributed by atoms with Crippen molar-refractivity contribution in [1.82, 2.24) is 25.1 Å². The van der Waals surface area contributed by atoms with Gasteiger partial charge in [0.05, 0.1) is 33.1 Å². The lowest BCUT2D eigenvalue weighted by atomic mass is 9.66. The molecular weight excluding hydrogens is 536 g/mol. The van der Waals surface area contributed by atoms with Gasteiger partial charge in [-0.15, -0.1) is 16.9 Å². The minimum Gasteiger partial charge on any atom is -0.249 e. The van der Waals surface area contributed by atoms with Gasteiger partial charge in [-0.1, -0.05) is 50.2 Å². The van der Waals surface area contributed by atoms with Crippen molar-refractivity contribution in [3.63, 3.8) is 0 Å². The highest BCUT2D eigenvalue weighted by atomic mass is 32.2. The van der Waals surface area contributed by atoms with Gasteiger partial charge in [0.15, 0.2) is 5.82 Å². The summed E-state index contributed by atoms with van der Waals surface area (Å²) in [5.41, 5.74) is 4.19. The molecule has 5 aromatic rings. The van der Waals surface area contributed by atoms with E-state index in [4.69, 9.17) is 4.98 Å². The third kappa shape index (κ3) is 4.07. The summed E-state index contributed by atoms with van der Waals surface area (Å²) >= 11 is 1.69. The summed E-state index contributed by atoms with van der Waals surface area (Å²) in [6.07, 6.45) is 5.41. The van der Waals surface area contributed by atoms with Crippen LogP contribution in [0.5, 0.6) is 0 Å². The number of hydrogen-bond donors (Lipinski definition) is 0. The fourth-order valence-electron chi connectivity index (χ4n) is 6.82. The topological polar surface area (TPSA) is 64.5 Å². The van der Waals surface area contributed by atoms with Gasteiger partial charge in [-0.3, -0.25) is 0 Å². The summed E-state index contributed by atoms with van der Waals surface area (Å²) in [5.74, 6) is 0.339. The summed E-state index contributed by atoms with van der Waals surface area (Å²) in [7, 11) is 0. The second-order valence-corrected chi connectivity index (χ2v) is 12.3. The van der Waals surface area contributed by atoms with Crippen LogP contribution in [0.1, 0.15) is 55.1 Å². The molecule has 5 nitrogen and oxygen atoms in total. The Labute approximate surface area is 241 Å². The summed E-state index contributed by atoms with van der Waals surface area (Å²) in [6, 6.07) is 22.0. The maximum absolute atomic E-state index is 14.6. The molecule has 2 aliphatic carbocycles. The number of aromatic nitrogens is 5. The molecule has 0 radical (unpaired) electrons. The van der Waals surface area contributed by atoms with Gasteiger partial charge in [0, 0.05) is 23.7 Å². The van der Waals surface area contributed by atoms with E-state index in [1.54, 1.807) is 18.0 Å². The number of fused-ring (bicyclic) bond motifs is 5. The second-order valence-electron chi connectivity index (χ2n) is 11.3. The van der Waals surface area contributed by atoms with Gasteiger partial charge in [0.25, 0.3) is 0 Å². The summed E-state index contributed by atoms with van der Waals surface area (Å²) in [5, 5.41) is 9.93. The lowest BCUT2D eigenvalue weighted by molar-refractivity contribution is 0.243. The first-order valence-corrected chi connectivity index (χ1v) is 14.7. The smallest absolute Gasteiger partial charge is 0.160 e. The molecule has 0 spiro atoms. The molecule has 0 saturated heterocycles. The molecule has 1 fully saturated rings. The first kappa shape index (κ1) is 25.9. The molecule has 2 aromatic carbocycles. The van der Waals surface area contributed by atoms with Crippen LogP contribution in [0.2, 0.25) is 0 Å². The number of nitrogens with zero attached hydrogens (tertiary/aromatic N) is 5. The van der Waals surface area contributed by atoms with E-state index in [2.05, 4.69) is 46.1 Å². The number of thioether (sulfide) groups is 1.